The molecule has 0 saturated heterocycles. The fraction of sp³-hybridized carbons (Fsp3) is 0.231. The molecule has 8 heteroatoms. The molecule has 1 aliphatic rings. The number of carbonyl (C=O) groups is 1. The van der Waals surface area contributed by atoms with Crippen LogP contribution >= 0.6 is 0 Å². The molecule has 21 heavy (non-hydrogen) atoms. The van der Waals surface area contributed by atoms with E-state index in [0.717, 1.165) is 6.07 Å². The molecule has 0 bridgehead atoms. The summed E-state index contributed by atoms with van der Waals surface area (Å²) in [4.78, 5) is 10.8. The Morgan fingerprint density at radius 3 is 2.81 bits per heavy atom. The number of methoxy groups -OCH3 is 1. The van der Waals surface area contributed by atoms with Crippen molar-refractivity contribution in [3.8, 4) is 28.5 Å². The Morgan fingerprint density at radius 1 is 1.38 bits per heavy atom. The second kappa shape index (κ2) is 4.97. The number of fused-ring (bicyclic) bond motifs is 1. The van der Waals surface area contributed by atoms with Crippen molar-refractivity contribution in [3.63, 3.8) is 0 Å². The summed E-state index contributed by atoms with van der Waals surface area (Å²) >= 11 is 0. The minimum Gasteiger partial charge on any atom is -0.494 e. The van der Waals surface area contributed by atoms with Crippen LogP contribution in [-0.2, 0) is 0 Å². The number of hydrogen-bond acceptors (Lipinski definition) is 6. The van der Waals surface area contributed by atoms with E-state index in [1.165, 1.54) is 13.2 Å². The third-order valence-electron chi connectivity index (χ3n) is 2.93. The Bertz CT molecular complexity index is 711. The monoisotopic (exact) mass is 295 g/mol. The van der Waals surface area contributed by atoms with Crippen LogP contribution in [0, 0.1) is 5.82 Å². The van der Waals surface area contributed by atoms with Gasteiger partial charge in [-0.15, -0.1) is 0 Å². The molecule has 2 aromatic rings. The summed E-state index contributed by atoms with van der Waals surface area (Å²) in [6, 6.07) is 2.48. The van der Waals surface area contributed by atoms with Gasteiger partial charge in [0.15, 0.2) is 23.1 Å². The van der Waals surface area contributed by atoms with Crippen LogP contribution < -0.4 is 14.2 Å². The van der Waals surface area contributed by atoms with Gasteiger partial charge >= 0.3 is 5.97 Å². The summed E-state index contributed by atoms with van der Waals surface area (Å²) in [5.74, 6) is -2.05. The number of benzene rings is 1. The highest BCUT2D eigenvalue weighted by atomic mass is 19.1. The summed E-state index contributed by atoms with van der Waals surface area (Å²) in [5, 5.41) is 12.4. The molecule has 0 spiro atoms. The molecule has 0 amide bonds. The lowest BCUT2D eigenvalue weighted by atomic mass is 10.1. The van der Waals surface area contributed by atoms with Gasteiger partial charge in [0.05, 0.1) is 12.7 Å². The average Bonchev–Trinajstić information content (AvgIpc) is 2.96. The van der Waals surface area contributed by atoms with Crippen LogP contribution in [0.15, 0.2) is 16.7 Å². The predicted octanol–water partition coefficient (Wildman–Crippen LogP) is 1.96. The number of halogens is 1. The standard InChI is InChI=1S/C13H10FNO6/c1-18-7-5-8-12(20-3-2-19-8)10(11(7)14)6-4-9(13(16)17)21-15-6/h4-5H,2-3H2,1H3,(H,16,17). The number of carboxylic acid groups (broad SMARTS) is 1. The van der Waals surface area contributed by atoms with Crippen molar-refractivity contribution < 1.29 is 33.0 Å². The van der Waals surface area contributed by atoms with E-state index < -0.39 is 17.5 Å². The summed E-state index contributed by atoms with van der Waals surface area (Å²) in [7, 11) is 1.31. The van der Waals surface area contributed by atoms with Crippen molar-refractivity contribution in [3.05, 3.63) is 23.7 Å². The number of aromatic carboxylic acids is 1. The Kier molecular flexibility index (Phi) is 3.13. The minimum atomic E-state index is -1.30. The third-order valence-corrected chi connectivity index (χ3v) is 2.93. The van der Waals surface area contributed by atoms with Crippen molar-refractivity contribution in [1.82, 2.24) is 5.16 Å². The zero-order valence-corrected chi connectivity index (χ0v) is 10.9. The van der Waals surface area contributed by atoms with Crippen molar-refractivity contribution in [2.75, 3.05) is 20.3 Å². The molecule has 0 radical (unpaired) electrons. The van der Waals surface area contributed by atoms with Gasteiger partial charge in [-0.05, 0) is 0 Å². The first kappa shape index (κ1) is 13.2. The maximum atomic E-state index is 14.5. The van der Waals surface area contributed by atoms with Crippen LogP contribution in [0.4, 0.5) is 4.39 Å². The highest BCUT2D eigenvalue weighted by Crippen LogP contribution is 2.45. The lowest BCUT2D eigenvalue weighted by molar-refractivity contribution is 0.0652. The van der Waals surface area contributed by atoms with E-state index in [1.54, 1.807) is 0 Å². The quantitative estimate of drug-likeness (QED) is 0.925. The lowest BCUT2D eigenvalue weighted by Gasteiger charge is -2.21. The number of carboxylic acids is 1. The van der Waals surface area contributed by atoms with Gasteiger partial charge in [0.25, 0.3) is 0 Å². The van der Waals surface area contributed by atoms with Crippen LogP contribution in [0.2, 0.25) is 0 Å². The van der Waals surface area contributed by atoms with Crippen LogP contribution in [0.1, 0.15) is 10.6 Å². The first-order valence-electron chi connectivity index (χ1n) is 5.98. The molecule has 0 unspecified atom stereocenters. The number of aromatic nitrogens is 1. The van der Waals surface area contributed by atoms with Crippen molar-refractivity contribution in [2.24, 2.45) is 0 Å². The average molecular weight is 295 g/mol. The number of hydrogen-bond donors (Lipinski definition) is 1. The SMILES string of the molecule is COc1cc2c(c(-c3cc(C(=O)O)on3)c1F)OCCO2. The molecule has 1 aromatic heterocycles. The molecule has 7 nitrogen and oxygen atoms in total. The van der Waals surface area contributed by atoms with E-state index in [4.69, 9.17) is 19.3 Å². The smallest absolute Gasteiger partial charge is 0.374 e. The number of nitrogens with zero attached hydrogens (tertiary/aromatic N) is 1. The summed E-state index contributed by atoms with van der Waals surface area (Å²) in [6.07, 6.45) is 0. The third kappa shape index (κ3) is 2.14. The molecular weight excluding hydrogens is 285 g/mol. The van der Waals surface area contributed by atoms with Gasteiger partial charge in [-0.1, -0.05) is 5.16 Å². The van der Waals surface area contributed by atoms with Gasteiger partial charge in [0.1, 0.15) is 18.9 Å². The molecule has 0 fully saturated rings. The van der Waals surface area contributed by atoms with Crippen molar-refractivity contribution >= 4 is 5.97 Å². The van der Waals surface area contributed by atoms with E-state index in [2.05, 4.69) is 9.68 Å². The van der Waals surface area contributed by atoms with E-state index >= 15 is 0 Å². The van der Waals surface area contributed by atoms with Crippen molar-refractivity contribution in [1.29, 1.82) is 0 Å². The van der Waals surface area contributed by atoms with Gasteiger partial charge in [0, 0.05) is 12.1 Å². The van der Waals surface area contributed by atoms with Gasteiger partial charge in [-0.2, -0.15) is 0 Å². The maximum Gasteiger partial charge on any atom is 0.374 e. The summed E-state index contributed by atoms with van der Waals surface area (Å²) in [5.41, 5.74) is -0.0640. The van der Waals surface area contributed by atoms with E-state index in [0.29, 0.717) is 12.4 Å². The molecule has 1 N–H and O–H groups in total. The molecule has 0 atom stereocenters. The summed E-state index contributed by atoms with van der Waals surface area (Å²) in [6.45, 7) is 0.565. The maximum absolute atomic E-state index is 14.5. The Hall–Kier alpha value is -2.77. The molecular formula is C13H10FNO6. The number of rotatable bonds is 3. The number of ether oxygens (including phenoxy) is 3. The molecule has 0 saturated carbocycles. The highest BCUT2D eigenvalue weighted by molar-refractivity contribution is 5.86. The van der Waals surface area contributed by atoms with E-state index in [-0.39, 0.29) is 29.4 Å². The molecule has 0 aliphatic carbocycles. The van der Waals surface area contributed by atoms with E-state index in [1.807, 2.05) is 0 Å². The molecule has 1 aromatic carbocycles. The molecule has 3 rings (SSSR count). The largest absolute Gasteiger partial charge is 0.494 e. The highest BCUT2D eigenvalue weighted by Gasteiger charge is 2.27. The fourth-order valence-electron chi connectivity index (χ4n) is 2.01. The lowest BCUT2D eigenvalue weighted by Crippen LogP contribution is -2.16. The Labute approximate surface area is 117 Å². The Morgan fingerprint density at radius 2 is 2.14 bits per heavy atom. The van der Waals surface area contributed by atoms with Crippen LogP contribution in [0.5, 0.6) is 17.2 Å². The van der Waals surface area contributed by atoms with E-state index in [9.17, 15) is 9.18 Å². The van der Waals surface area contributed by atoms with Crippen LogP contribution in [-0.4, -0.2) is 36.6 Å². The molecule has 110 valence electrons. The zero-order valence-electron chi connectivity index (χ0n) is 10.9. The second-order valence-electron chi connectivity index (χ2n) is 4.17. The van der Waals surface area contributed by atoms with Crippen LogP contribution in [0.3, 0.4) is 0 Å². The van der Waals surface area contributed by atoms with Crippen molar-refractivity contribution in [2.45, 2.75) is 0 Å². The molecule has 1 aliphatic heterocycles. The molecule has 2 heterocycles. The van der Waals surface area contributed by atoms with Gasteiger partial charge in [-0.3, -0.25) is 0 Å². The second-order valence-corrected chi connectivity index (χ2v) is 4.17. The zero-order chi connectivity index (χ0) is 15.0. The first-order valence-corrected chi connectivity index (χ1v) is 5.98. The van der Waals surface area contributed by atoms with Gasteiger partial charge in [0.2, 0.25) is 5.76 Å². The first-order chi connectivity index (χ1) is 10.1. The van der Waals surface area contributed by atoms with Gasteiger partial charge < -0.3 is 23.8 Å². The fourth-order valence-corrected chi connectivity index (χ4v) is 2.01. The normalized spacial score (nSPS) is 13.0. The Balaban J connectivity index is 2.21. The van der Waals surface area contributed by atoms with Crippen LogP contribution in [0.25, 0.3) is 11.3 Å². The summed E-state index contributed by atoms with van der Waals surface area (Å²) < 4.78 is 34.9. The minimum absolute atomic E-state index is 0.00875. The van der Waals surface area contributed by atoms with Gasteiger partial charge in [-0.25, -0.2) is 9.18 Å². The predicted molar refractivity (Wildman–Crippen MR) is 66.4 cm³/mol. The topological polar surface area (TPSA) is 91.0 Å².